The van der Waals surface area contributed by atoms with Crippen molar-refractivity contribution in [3.8, 4) is 0 Å². The Bertz CT molecular complexity index is 564. The summed E-state index contributed by atoms with van der Waals surface area (Å²) in [4.78, 5) is 23.9. The van der Waals surface area contributed by atoms with Crippen molar-refractivity contribution in [1.82, 2.24) is 0 Å². The van der Waals surface area contributed by atoms with Crippen LogP contribution in [0.2, 0.25) is 0 Å². The van der Waals surface area contributed by atoms with Gasteiger partial charge in [-0.2, -0.15) is 0 Å². The molecule has 2 rings (SSSR count). The molecule has 0 bridgehead atoms. The number of piperidine rings is 1. The zero-order valence-corrected chi connectivity index (χ0v) is 13.2. The number of anilines is 1. The Balaban J connectivity index is 2.40. The first-order valence-electron chi connectivity index (χ1n) is 6.87. The number of nitro groups is 1. The number of hydrogen-bond acceptors (Lipinski definition) is 4. The minimum Gasteiger partial charge on any atom is -0.480 e. The molecule has 1 aromatic carbocycles. The third kappa shape index (κ3) is 3.34. The second-order valence-electron chi connectivity index (χ2n) is 5.24. The third-order valence-electron chi connectivity index (χ3n) is 4.02. The Labute approximate surface area is 131 Å². The van der Waals surface area contributed by atoms with Gasteiger partial charge >= 0.3 is 5.97 Å². The first kappa shape index (κ1) is 15.8. The molecule has 1 fully saturated rings. The molecule has 1 heterocycles. The highest BCUT2D eigenvalue weighted by molar-refractivity contribution is 9.10. The van der Waals surface area contributed by atoms with E-state index in [2.05, 4.69) is 15.9 Å². The summed E-state index contributed by atoms with van der Waals surface area (Å²) in [6, 6.07) is 4.03. The average Bonchev–Trinajstić information content (AvgIpc) is 2.46. The standard InChI is InChI=1S/C14H17BrN2O4/c1-2-9-5-6-16(13(7-9)14(18)19)11-4-3-10(15)8-12(11)17(20)21/h3-4,8-9,13H,2,5-7H2,1H3,(H,18,19). The Morgan fingerprint density at radius 3 is 2.86 bits per heavy atom. The summed E-state index contributed by atoms with van der Waals surface area (Å²) in [5.41, 5.74) is 0.315. The summed E-state index contributed by atoms with van der Waals surface area (Å²) in [5.74, 6) is -0.567. The molecule has 7 heteroatoms. The molecule has 1 aliphatic rings. The molecule has 2 unspecified atom stereocenters. The van der Waals surface area contributed by atoms with Gasteiger partial charge in [0.05, 0.1) is 4.92 Å². The number of rotatable bonds is 4. The molecule has 6 nitrogen and oxygen atoms in total. The van der Waals surface area contributed by atoms with Crippen molar-refractivity contribution < 1.29 is 14.8 Å². The van der Waals surface area contributed by atoms with Gasteiger partial charge in [0, 0.05) is 17.1 Å². The van der Waals surface area contributed by atoms with Crippen LogP contribution in [0.5, 0.6) is 0 Å². The van der Waals surface area contributed by atoms with Crippen LogP contribution < -0.4 is 4.90 Å². The van der Waals surface area contributed by atoms with Crippen LogP contribution >= 0.6 is 15.9 Å². The van der Waals surface area contributed by atoms with Crippen LogP contribution in [0.15, 0.2) is 22.7 Å². The predicted molar refractivity (Wildman–Crippen MR) is 82.6 cm³/mol. The monoisotopic (exact) mass is 356 g/mol. The van der Waals surface area contributed by atoms with Crippen LogP contribution in [-0.4, -0.2) is 28.6 Å². The normalized spacial score (nSPS) is 22.1. The van der Waals surface area contributed by atoms with Crippen LogP contribution in [0.1, 0.15) is 26.2 Å². The maximum absolute atomic E-state index is 11.5. The fraction of sp³-hybridized carbons (Fsp3) is 0.500. The minimum absolute atomic E-state index is 0.0643. The number of carboxylic acids is 1. The lowest BCUT2D eigenvalue weighted by Gasteiger charge is -2.38. The molecule has 1 N–H and O–H groups in total. The molecule has 0 spiro atoms. The van der Waals surface area contributed by atoms with Gasteiger partial charge in [-0.05, 0) is 30.9 Å². The number of hydrogen-bond donors (Lipinski definition) is 1. The van der Waals surface area contributed by atoms with E-state index in [0.717, 1.165) is 12.8 Å². The fourth-order valence-electron chi connectivity index (χ4n) is 2.82. The number of nitrogens with zero attached hydrogens (tertiary/aromatic N) is 2. The quantitative estimate of drug-likeness (QED) is 0.659. The predicted octanol–water partition coefficient (Wildman–Crippen LogP) is 3.44. The zero-order valence-electron chi connectivity index (χ0n) is 11.7. The Kier molecular flexibility index (Phi) is 4.82. The van der Waals surface area contributed by atoms with E-state index in [1.165, 1.54) is 6.07 Å². The topological polar surface area (TPSA) is 83.7 Å². The summed E-state index contributed by atoms with van der Waals surface area (Å²) in [5, 5.41) is 20.7. The van der Waals surface area contributed by atoms with E-state index < -0.39 is 16.9 Å². The molecule has 21 heavy (non-hydrogen) atoms. The molecular weight excluding hydrogens is 340 g/mol. The van der Waals surface area contributed by atoms with Gasteiger partial charge in [-0.1, -0.05) is 29.3 Å². The number of carboxylic acid groups (broad SMARTS) is 1. The number of benzene rings is 1. The molecule has 0 radical (unpaired) electrons. The van der Waals surface area contributed by atoms with Gasteiger partial charge in [0.1, 0.15) is 11.7 Å². The van der Waals surface area contributed by atoms with Crippen molar-refractivity contribution in [2.45, 2.75) is 32.2 Å². The van der Waals surface area contributed by atoms with Gasteiger partial charge in [0.2, 0.25) is 0 Å². The Morgan fingerprint density at radius 2 is 2.29 bits per heavy atom. The second kappa shape index (κ2) is 6.43. The first-order valence-corrected chi connectivity index (χ1v) is 7.66. The summed E-state index contributed by atoms with van der Waals surface area (Å²) in [6.45, 7) is 2.57. The molecular formula is C14H17BrN2O4. The molecule has 1 saturated heterocycles. The molecule has 0 saturated carbocycles. The average molecular weight is 357 g/mol. The van der Waals surface area contributed by atoms with E-state index in [1.807, 2.05) is 6.92 Å². The lowest BCUT2D eigenvalue weighted by molar-refractivity contribution is -0.384. The number of carbonyl (C=O) groups is 1. The molecule has 1 aromatic rings. The van der Waals surface area contributed by atoms with Crippen LogP contribution in [0.4, 0.5) is 11.4 Å². The lowest BCUT2D eigenvalue weighted by atomic mass is 9.88. The van der Waals surface area contributed by atoms with Crippen molar-refractivity contribution in [2.75, 3.05) is 11.4 Å². The van der Waals surface area contributed by atoms with Gasteiger partial charge in [-0.25, -0.2) is 4.79 Å². The molecule has 0 amide bonds. The first-order chi connectivity index (χ1) is 9.93. The molecule has 0 aromatic heterocycles. The molecule has 0 aliphatic carbocycles. The van der Waals surface area contributed by atoms with E-state index in [0.29, 0.717) is 29.0 Å². The number of aliphatic carboxylic acids is 1. The van der Waals surface area contributed by atoms with E-state index in [9.17, 15) is 20.0 Å². The summed E-state index contributed by atoms with van der Waals surface area (Å²) in [7, 11) is 0. The van der Waals surface area contributed by atoms with Crippen LogP contribution in [-0.2, 0) is 4.79 Å². The number of halogens is 1. The van der Waals surface area contributed by atoms with Crippen molar-refractivity contribution in [1.29, 1.82) is 0 Å². The molecule has 1 aliphatic heterocycles. The van der Waals surface area contributed by atoms with Crippen LogP contribution in [0, 0.1) is 16.0 Å². The van der Waals surface area contributed by atoms with Crippen molar-refractivity contribution in [3.05, 3.63) is 32.8 Å². The Morgan fingerprint density at radius 1 is 1.57 bits per heavy atom. The van der Waals surface area contributed by atoms with Crippen LogP contribution in [0.3, 0.4) is 0 Å². The van der Waals surface area contributed by atoms with Crippen molar-refractivity contribution >= 4 is 33.3 Å². The summed E-state index contributed by atoms with van der Waals surface area (Å²) >= 11 is 3.21. The van der Waals surface area contributed by atoms with Gasteiger partial charge < -0.3 is 10.0 Å². The van der Waals surface area contributed by atoms with Crippen molar-refractivity contribution in [2.24, 2.45) is 5.92 Å². The highest BCUT2D eigenvalue weighted by atomic mass is 79.9. The van der Waals surface area contributed by atoms with Crippen LogP contribution in [0.25, 0.3) is 0 Å². The summed E-state index contributed by atoms with van der Waals surface area (Å²) in [6.07, 6.45) is 2.31. The van der Waals surface area contributed by atoms with Gasteiger partial charge in [-0.3, -0.25) is 10.1 Å². The van der Waals surface area contributed by atoms with E-state index in [4.69, 9.17) is 0 Å². The Hall–Kier alpha value is -1.63. The SMILES string of the molecule is CCC1CCN(c2ccc(Br)cc2[N+](=O)[O-])C(C(=O)O)C1. The van der Waals surface area contributed by atoms with E-state index in [1.54, 1.807) is 17.0 Å². The smallest absolute Gasteiger partial charge is 0.326 e. The summed E-state index contributed by atoms with van der Waals surface area (Å²) < 4.78 is 0.605. The largest absolute Gasteiger partial charge is 0.480 e. The maximum atomic E-state index is 11.5. The van der Waals surface area contributed by atoms with Crippen molar-refractivity contribution in [3.63, 3.8) is 0 Å². The van der Waals surface area contributed by atoms with Gasteiger partial charge in [-0.15, -0.1) is 0 Å². The third-order valence-corrected chi connectivity index (χ3v) is 4.51. The maximum Gasteiger partial charge on any atom is 0.326 e. The van der Waals surface area contributed by atoms with E-state index in [-0.39, 0.29) is 5.69 Å². The zero-order chi connectivity index (χ0) is 15.6. The van der Waals surface area contributed by atoms with Gasteiger partial charge in [0.15, 0.2) is 0 Å². The fourth-order valence-corrected chi connectivity index (χ4v) is 3.17. The number of nitro benzene ring substituents is 1. The molecule has 2 atom stereocenters. The highest BCUT2D eigenvalue weighted by Crippen LogP contribution is 2.36. The highest BCUT2D eigenvalue weighted by Gasteiger charge is 2.35. The minimum atomic E-state index is -0.926. The lowest BCUT2D eigenvalue weighted by Crippen LogP contribution is -2.47. The second-order valence-corrected chi connectivity index (χ2v) is 6.15. The van der Waals surface area contributed by atoms with E-state index >= 15 is 0 Å². The molecule has 114 valence electrons. The van der Waals surface area contributed by atoms with Gasteiger partial charge in [0.25, 0.3) is 5.69 Å².